The molecule has 0 fully saturated rings. The summed E-state index contributed by atoms with van der Waals surface area (Å²) >= 11 is 1.10. The quantitative estimate of drug-likeness (QED) is 0.500. The van der Waals surface area contributed by atoms with Crippen LogP contribution in [0.25, 0.3) is 0 Å². The zero-order valence-electron chi connectivity index (χ0n) is 9.71. The Balaban J connectivity index is 3.01. The first-order chi connectivity index (χ1) is 8.24. The van der Waals surface area contributed by atoms with Gasteiger partial charge in [0, 0.05) is 5.38 Å². The van der Waals surface area contributed by atoms with E-state index in [9.17, 15) is 9.59 Å². The van der Waals surface area contributed by atoms with Gasteiger partial charge in [0.05, 0.1) is 0 Å². The molecule has 0 saturated carbocycles. The van der Waals surface area contributed by atoms with E-state index in [0.717, 1.165) is 11.3 Å². The van der Waals surface area contributed by atoms with Crippen LogP contribution in [0.5, 0.6) is 0 Å². The van der Waals surface area contributed by atoms with Crippen LogP contribution in [0.4, 0.5) is 5.13 Å². The second kappa shape index (κ2) is 5.00. The van der Waals surface area contributed by atoms with Crippen LogP contribution in [0.2, 0.25) is 0 Å². The fourth-order valence-electron chi connectivity index (χ4n) is 0.813. The zero-order valence-corrected chi connectivity index (χ0v) is 10.5. The van der Waals surface area contributed by atoms with Gasteiger partial charge in [-0.05, 0) is 13.8 Å². The number of carbonyl (C=O) groups excluding carboxylic acids is 1. The minimum absolute atomic E-state index is 0.145. The third kappa shape index (κ3) is 3.17. The molecule has 0 aliphatic heterocycles. The van der Waals surface area contributed by atoms with Crippen LogP contribution < -0.4 is 11.5 Å². The van der Waals surface area contributed by atoms with E-state index in [4.69, 9.17) is 21.4 Å². The molecule has 1 heterocycles. The first-order valence-corrected chi connectivity index (χ1v) is 5.62. The first-order valence-electron chi connectivity index (χ1n) is 4.75. The summed E-state index contributed by atoms with van der Waals surface area (Å²) in [6.45, 7) is 2.57. The van der Waals surface area contributed by atoms with E-state index >= 15 is 0 Å². The highest BCUT2D eigenvalue weighted by molar-refractivity contribution is 7.13. The van der Waals surface area contributed by atoms with E-state index in [-0.39, 0.29) is 16.5 Å². The number of carbonyl (C=O) groups is 2. The number of oxime groups is 1. The minimum Gasteiger partial charge on any atom is -0.478 e. The molecule has 0 spiro atoms. The van der Waals surface area contributed by atoms with Crippen LogP contribution in [0, 0.1) is 0 Å². The summed E-state index contributed by atoms with van der Waals surface area (Å²) in [6.07, 6.45) is 0. The molecule has 0 radical (unpaired) electrons. The highest BCUT2D eigenvalue weighted by Gasteiger charge is 2.30. The van der Waals surface area contributed by atoms with Gasteiger partial charge in [0.2, 0.25) is 5.60 Å². The average molecular weight is 272 g/mol. The molecule has 1 rings (SSSR count). The van der Waals surface area contributed by atoms with E-state index in [2.05, 4.69) is 10.1 Å². The summed E-state index contributed by atoms with van der Waals surface area (Å²) < 4.78 is 0. The van der Waals surface area contributed by atoms with Crippen molar-refractivity contribution in [1.82, 2.24) is 4.98 Å². The summed E-state index contributed by atoms with van der Waals surface area (Å²) in [4.78, 5) is 30.6. The number of aromatic nitrogens is 1. The molecule has 8 nitrogen and oxygen atoms in total. The third-order valence-corrected chi connectivity index (χ3v) is 2.55. The Morgan fingerprint density at radius 3 is 2.56 bits per heavy atom. The number of carboxylic acid groups (broad SMARTS) is 1. The van der Waals surface area contributed by atoms with E-state index in [1.54, 1.807) is 0 Å². The van der Waals surface area contributed by atoms with Crippen molar-refractivity contribution in [2.75, 3.05) is 5.73 Å². The maximum absolute atomic E-state index is 11.2. The molecule has 9 heteroatoms. The molecular formula is C9H12N4O4S. The Kier molecular flexibility index (Phi) is 3.86. The lowest BCUT2D eigenvalue weighted by molar-refractivity contribution is -0.161. The zero-order chi connectivity index (χ0) is 13.9. The molecule has 0 bridgehead atoms. The van der Waals surface area contributed by atoms with Gasteiger partial charge < -0.3 is 21.4 Å². The van der Waals surface area contributed by atoms with Crippen LogP contribution in [0.1, 0.15) is 19.5 Å². The molecule has 0 saturated heterocycles. The van der Waals surface area contributed by atoms with Gasteiger partial charge in [0.1, 0.15) is 5.69 Å². The number of hydrogen-bond donors (Lipinski definition) is 3. The summed E-state index contributed by atoms with van der Waals surface area (Å²) in [5, 5.41) is 14.0. The van der Waals surface area contributed by atoms with Gasteiger partial charge in [-0.15, -0.1) is 11.3 Å². The molecular weight excluding hydrogens is 260 g/mol. The van der Waals surface area contributed by atoms with Gasteiger partial charge in [0.25, 0.3) is 5.91 Å². The Bertz CT molecular complexity index is 508. The molecule has 1 amide bonds. The number of primary amides is 1. The lowest BCUT2D eigenvalue weighted by Gasteiger charge is -2.16. The molecule has 1 aromatic rings. The molecule has 1 aromatic heterocycles. The van der Waals surface area contributed by atoms with Crippen LogP contribution in [-0.4, -0.2) is 33.3 Å². The molecule has 0 atom stereocenters. The van der Waals surface area contributed by atoms with E-state index in [1.165, 1.54) is 19.2 Å². The van der Waals surface area contributed by atoms with Gasteiger partial charge >= 0.3 is 5.97 Å². The number of carboxylic acids is 1. The third-order valence-electron chi connectivity index (χ3n) is 1.88. The predicted octanol–water partition coefficient (Wildman–Crippen LogP) is -0.206. The van der Waals surface area contributed by atoms with E-state index in [0.29, 0.717) is 0 Å². The van der Waals surface area contributed by atoms with Gasteiger partial charge in [-0.1, -0.05) is 5.16 Å². The van der Waals surface area contributed by atoms with Crippen molar-refractivity contribution in [1.29, 1.82) is 0 Å². The predicted molar refractivity (Wildman–Crippen MR) is 65.1 cm³/mol. The Labute approximate surface area is 106 Å². The average Bonchev–Trinajstić information content (AvgIpc) is 2.64. The van der Waals surface area contributed by atoms with Crippen LogP contribution in [0.3, 0.4) is 0 Å². The van der Waals surface area contributed by atoms with Crippen molar-refractivity contribution in [2.24, 2.45) is 10.9 Å². The largest absolute Gasteiger partial charge is 0.478 e. The fourth-order valence-corrected chi connectivity index (χ4v) is 1.36. The maximum Gasteiger partial charge on any atom is 0.350 e. The lowest BCUT2D eigenvalue weighted by atomic mass is 10.1. The molecule has 98 valence electrons. The molecule has 0 aliphatic rings. The molecule has 0 aromatic carbocycles. The molecule has 18 heavy (non-hydrogen) atoms. The van der Waals surface area contributed by atoms with E-state index in [1.807, 2.05) is 0 Å². The second-order valence-electron chi connectivity index (χ2n) is 3.78. The Morgan fingerprint density at radius 1 is 1.56 bits per heavy atom. The number of amides is 1. The number of anilines is 1. The van der Waals surface area contributed by atoms with Crippen LogP contribution >= 0.6 is 11.3 Å². The summed E-state index contributed by atoms with van der Waals surface area (Å²) in [6, 6.07) is 0. The number of nitrogens with zero attached hydrogens (tertiary/aromatic N) is 2. The summed E-state index contributed by atoms with van der Waals surface area (Å²) in [7, 11) is 0. The SMILES string of the molecule is CC(C)(O/N=C(\C(N)=O)c1csc(N)n1)C(=O)O. The van der Waals surface area contributed by atoms with E-state index < -0.39 is 17.5 Å². The Hall–Kier alpha value is -2.16. The Morgan fingerprint density at radius 2 is 2.17 bits per heavy atom. The van der Waals surface area contributed by atoms with Gasteiger partial charge in [-0.2, -0.15) is 0 Å². The number of thiazole rings is 1. The van der Waals surface area contributed by atoms with Crippen molar-refractivity contribution < 1.29 is 19.5 Å². The maximum atomic E-state index is 11.2. The summed E-state index contributed by atoms with van der Waals surface area (Å²) in [5.74, 6) is -2.12. The van der Waals surface area contributed by atoms with Crippen molar-refractivity contribution in [3.8, 4) is 0 Å². The topological polar surface area (TPSA) is 141 Å². The fraction of sp³-hybridized carbons (Fsp3) is 0.333. The molecule has 5 N–H and O–H groups in total. The summed E-state index contributed by atoms with van der Waals surface area (Å²) in [5.41, 5.74) is 8.81. The van der Waals surface area contributed by atoms with Gasteiger partial charge in [-0.3, -0.25) is 4.79 Å². The van der Waals surface area contributed by atoms with Gasteiger partial charge in [0.15, 0.2) is 10.8 Å². The number of hydrogen-bond acceptors (Lipinski definition) is 7. The molecule has 0 unspecified atom stereocenters. The molecule has 0 aliphatic carbocycles. The number of nitrogens with two attached hydrogens (primary N) is 2. The minimum atomic E-state index is -1.58. The van der Waals surface area contributed by atoms with Gasteiger partial charge in [-0.25, -0.2) is 9.78 Å². The number of rotatable bonds is 5. The number of nitrogen functional groups attached to an aromatic ring is 1. The standard InChI is InChI=1S/C9H12N4O4S/c1-9(2,7(15)16)17-13-5(6(10)14)4-3-18-8(11)12-4/h3H,1-2H3,(H2,10,14)(H2,11,12)(H,15,16)/b13-5-. The number of aliphatic carboxylic acids is 1. The van der Waals surface area contributed by atoms with Crippen LogP contribution in [0.15, 0.2) is 10.5 Å². The first kappa shape index (κ1) is 13.9. The van der Waals surface area contributed by atoms with Crippen molar-refractivity contribution in [3.63, 3.8) is 0 Å². The normalized spacial score (nSPS) is 12.2. The van der Waals surface area contributed by atoms with Crippen LogP contribution in [-0.2, 0) is 14.4 Å². The van der Waals surface area contributed by atoms with Crippen molar-refractivity contribution in [3.05, 3.63) is 11.1 Å². The van der Waals surface area contributed by atoms with Crippen molar-refractivity contribution >= 4 is 34.1 Å². The highest BCUT2D eigenvalue weighted by atomic mass is 32.1. The highest BCUT2D eigenvalue weighted by Crippen LogP contribution is 2.14. The monoisotopic (exact) mass is 272 g/mol. The smallest absolute Gasteiger partial charge is 0.350 e. The van der Waals surface area contributed by atoms with Crippen molar-refractivity contribution in [2.45, 2.75) is 19.4 Å². The second-order valence-corrected chi connectivity index (χ2v) is 4.67. The lowest BCUT2D eigenvalue weighted by Crippen LogP contribution is -2.34.